The number of halogens is 1. The standard InChI is InChI=1S/C53H70FN5O11/c1-37(60)49(52(2,3)4)58-48(61)19-26-66-28-30-68-32-34-69-33-31-67-29-27-65-25-6-7-38-17-23-59(24-18-38)45-36-44-43(35-47(45)64-5)46(16-22-55-44)70-42-14-12-41(13-15-42)57-51(63)53(20-21-53)50(62)56-40-10-8-39(54)9-11-40/h8-16,22,35-36,38,49H,6-7,17-21,23-34H2,1-5H3,(H,56,62)(H,57,63)(H,58,61)/t49-/m1/s1. The third-order valence-corrected chi connectivity index (χ3v) is 12.5. The Morgan fingerprint density at radius 1 is 0.743 bits per heavy atom. The molecule has 4 aromatic rings. The van der Waals surface area contributed by atoms with Gasteiger partial charge in [-0.25, -0.2) is 4.39 Å². The Morgan fingerprint density at radius 3 is 1.81 bits per heavy atom. The van der Waals surface area contributed by atoms with E-state index in [1.165, 1.54) is 31.2 Å². The molecule has 2 fully saturated rings. The van der Waals surface area contributed by atoms with Crippen LogP contribution in [-0.4, -0.2) is 121 Å². The Kier molecular flexibility index (Phi) is 20.3. The Balaban J connectivity index is 0.803. The molecule has 1 saturated carbocycles. The van der Waals surface area contributed by atoms with Gasteiger partial charge in [-0.1, -0.05) is 20.8 Å². The summed E-state index contributed by atoms with van der Waals surface area (Å²) >= 11 is 0. The lowest BCUT2D eigenvalue weighted by Gasteiger charge is -2.34. The molecule has 0 unspecified atom stereocenters. The van der Waals surface area contributed by atoms with Crippen LogP contribution < -0.4 is 30.3 Å². The molecule has 1 atom stereocenters. The maximum atomic E-state index is 13.3. The topological polar surface area (TPSA) is 185 Å². The first-order valence-corrected chi connectivity index (χ1v) is 24.3. The zero-order valence-electron chi connectivity index (χ0n) is 41.3. The van der Waals surface area contributed by atoms with Gasteiger partial charge in [0, 0.05) is 49.1 Å². The molecule has 17 heteroatoms. The highest BCUT2D eigenvalue weighted by Crippen LogP contribution is 2.48. The van der Waals surface area contributed by atoms with E-state index in [-0.39, 0.29) is 30.1 Å². The first kappa shape index (κ1) is 53.6. The van der Waals surface area contributed by atoms with E-state index in [4.69, 9.17) is 33.2 Å². The van der Waals surface area contributed by atoms with Crippen LogP contribution in [0.1, 0.15) is 72.6 Å². The number of rotatable bonds is 29. The Hall–Kier alpha value is -5.72. The fourth-order valence-electron chi connectivity index (χ4n) is 8.33. The second kappa shape index (κ2) is 26.5. The zero-order chi connectivity index (χ0) is 49.9. The average Bonchev–Trinajstić information content (AvgIpc) is 4.16. The van der Waals surface area contributed by atoms with Crippen molar-refractivity contribution >= 4 is 51.5 Å². The number of nitrogens with one attached hydrogen (secondary N) is 3. The molecule has 1 aliphatic carbocycles. The number of piperidine rings is 1. The van der Waals surface area contributed by atoms with Gasteiger partial charge in [0.2, 0.25) is 17.7 Å². The largest absolute Gasteiger partial charge is 0.495 e. The number of Topliss-reactive ketones (excluding diaryl/α,β-unsaturated/α-hetero) is 1. The molecule has 0 bridgehead atoms. The van der Waals surface area contributed by atoms with Gasteiger partial charge in [0.05, 0.1) is 83.8 Å². The van der Waals surface area contributed by atoms with Crippen LogP contribution in [0.2, 0.25) is 0 Å². The first-order chi connectivity index (χ1) is 33.8. The Bertz CT molecular complexity index is 2310. The number of ketones is 1. The third-order valence-electron chi connectivity index (χ3n) is 12.5. The van der Waals surface area contributed by atoms with Crippen molar-refractivity contribution in [3.8, 4) is 17.2 Å². The molecule has 0 radical (unpaired) electrons. The maximum absolute atomic E-state index is 13.3. The summed E-state index contributed by atoms with van der Waals surface area (Å²) in [6.07, 6.45) is 7.01. The summed E-state index contributed by atoms with van der Waals surface area (Å²) < 4.78 is 53.6. The number of carbonyl (C=O) groups excluding carboxylic acids is 4. The van der Waals surface area contributed by atoms with Gasteiger partial charge in [-0.2, -0.15) is 0 Å². The molecule has 3 N–H and O–H groups in total. The first-order valence-electron chi connectivity index (χ1n) is 24.3. The van der Waals surface area contributed by atoms with E-state index in [2.05, 4.69) is 31.9 Å². The number of carbonyl (C=O) groups is 4. The number of anilines is 3. The highest BCUT2D eigenvalue weighted by Gasteiger charge is 2.56. The van der Waals surface area contributed by atoms with Crippen molar-refractivity contribution in [3.63, 3.8) is 0 Å². The van der Waals surface area contributed by atoms with Gasteiger partial charge in [0.15, 0.2) is 5.78 Å². The molecule has 2 heterocycles. The van der Waals surface area contributed by atoms with Crippen molar-refractivity contribution in [1.82, 2.24) is 10.3 Å². The molecule has 3 amide bonds. The highest BCUT2D eigenvalue weighted by atomic mass is 19.1. The third kappa shape index (κ3) is 16.2. The smallest absolute Gasteiger partial charge is 0.240 e. The van der Waals surface area contributed by atoms with Gasteiger partial charge in [-0.15, -0.1) is 0 Å². The predicted molar refractivity (Wildman–Crippen MR) is 265 cm³/mol. The van der Waals surface area contributed by atoms with Crippen molar-refractivity contribution in [3.05, 3.63) is 78.7 Å². The van der Waals surface area contributed by atoms with E-state index in [0.29, 0.717) is 101 Å². The van der Waals surface area contributed by atoms with E-state index < -0.39 is 29.1 Å². The number of hydrogen-bond acceptors (Lipinski definition) is 13. The summed E-state index contributed by atoms with van der Waals surface area (Å²) in [5, 5.41) is 9.19. The van der Waals surface area contributed by atoms with Gasteiger partial charge in [0.1, 0.15) is 28.5 Å². The van der Waals surface area contributed by atoms with Crippen LogP contribution >= 0.6 is 0 Å². The molecule has 0 spiro atoms. The summed E-state index contributed by atoms with van der Waals surface area (Å²) in [5.41, 5.74) is 1.23. The number of methoxy groups -OCH3 is 1. The van der Waals surface area contributed by atoms with Crippen LogP contribution in [0.3, 0.4) is 0 Å². The molecule has 1 aliphatic heterocycles. The molecule has 70 heavy (non-hydrogen) atoms. The summed E-state index contributed by atoms with van der Waals surface area (Å²) in [4.78, 5) is 57.2. The van der Waals surface area contributed by atoms with Crippen molar-refractivity contribution in [2.45, 2.75) is 78.7 Å². The zero-order valence-corrected chi connectivity index (χ0v) is 41.3. The normalized spacial score (nSPS) is 15.0. The van der Waals surface area contributed by atoms with Crippen molar-refractivity contribution in [2.24, 2.45) is 16.7 Å². The summed E-state index contributed by atoms with van der Waals surface area (Å²) in [5.74, 6) is 1.05. The van der Waals surface area contributed by atoms with E-state index in [9.17, 15) is 23.6 Å². The van der Waals surface area contributed by atoms with Crippen LogP contribution in [0.25, 0.3) is 10.9 Å². The van der Waals surface area contributed by atoms with Crippen LogP contribution in [0, 0.1) is 22.6 Å². The van der Waals surface area contributed by atoms with Gasteiger partial charge in [-0.05, 0) is 124 Å². The monoisotopic (exact) mass is 972 g/mol. The number of nitrogens with zero attached hydrogens (tertiary/aromatic N) is 2. The SMILES string of the molecule is COc1cc2c(Oc3ccc(NC(=O)C4(C(=O)Nc5ccc(F)cc5)CC4)cc3)ccnc2cc1N1CCC(CCCOCCOCCOCCOCCOCCC(=O)N[C@H](C(C)=O)C(C)(C)C)CC1. The molecule has 16 nitrogen and oxygen atoms in total. The van der Waals surface area contributed by atoms with Gasteiger partial charge in [-0.3, -0.25) is 24.2 Å². The molecular formula is C53H70FN5O11. The minimum absolute atomic E-state index is 0.0635. The van der Waals surface area contributed by atoms with Gasteiger partial charge in [0.25, 0.3) is 0 Å². The number of amides is 3. The summed E-state index contributed by atoms with van der Waals surface area (Å²) in [6.45, 7) is 13.7. The van der Waals surface area contributed by atoms with Crippen molar-refractivity contribution < 1.29 is 56.7 Å². The van der Waals surface area contributed by atoms with Crippen LogP contribution in [-0.2, 0) is 42.9 Å². The number of fused-ring (bicyclic) bond motifs is 1. The minimum Gasteiger partial charge on any atom is -0.495 e. The fraction of sp³-hybridized carbons (Fsp3) is 0.528. The summed E-state index contributed by atoms with van der Waals surface area (Å²) in [6, 6.07) is 17.7. The van der Waals surface area contributed by atoms with E-state index in [1.807, 2.05) is 32.9 Å². The lowest BCUT2D eigenvalue weighted by Crippen LogP contribution is -2.48. The lowest BCUT2D eigenvalue weighted by molar-refractivity contribution is -0.131. The molecule has 2 aliphatic rings. The lowest BCUT2D eigenvalue weighted by atomic mass is 9.84. The van der Waals surface area contributed by atoms with E-state index >= 15 is 0 Å². The summed E-state index contributed by atoms with van der Waals surface area (Å²) in [7, 11) is 1.67. The second-order valence-corrected chi connectivity index (χ2v) is 18.8. The van der Waals surface area contributed by atoms with Crippen molar-refractivity contribution in [1.29, 1.82) is 0 Å². The van der Waals surface area contributed by atoms with Crippen LogP contribution in [0.15, 0.2) is 72.9 Å². The Labute approximate surface area is 410 Å². The molecule has 380 valence electrons. The molecular weight excluding hydrogens is 902 g/mol. The average molecular weight is 972 g/mol. The Morgan fingerprint density at radius 2 is 1.29 bits per heavy atom. The highest BCUT2D eigenvalue weighted by molar-refractivity contribution is 6.17. The van der Waals surface area contributed by atoms with E-state index in [1.54, 1.807) is 37.6 Å². The maximum Gasteiger partial charge on any atom is 0.240 e. The fourth-order valence-corrected chi connectivity index (χ4v) is 8.33. The molecule has 1 saturated heterocycles. The van der Waals surface area contributed by atoms with Gasteiger partial charge >= 0.3 is 0 Å². The molecule has 1 aromatic heterocycles. The van der Waals surface area contributed by atoms with E-state index in [0.717, 1.165) is 61.1 Å². The number of aromatic nitrogens is 1. The molecule has 6 rings (SSSR count). The van der Waals surface area contributed by atoms with Gasteiger partial charge < -0.3 is 54.0 Å². The van der Waals surface area contributed by atoms with Crippen molar-refractivity contribution in [2.75, 3.05) is 102 Å². The minimum atomic E-state index is -1.17. The number of pyridine rings is 1. The second-order valence-electron chi connectivity index (χ2n) is 18.8. The number of benzene rings is 3. The predicted octanol–water partition coefficient (Wildman–Crippen LogP) is 8.12. The quantitative estimate of drug-likeness (QED) is 0.0351. The molecule has 3 aromatic carbocycles. The number of ether oxygens (including phenoxy) is 7. The van der Waals surface area contributed by atoms with Crippen LogP contribution in [0.5, 0.6) is 17.2 Å². The number of hydrogen-bond donors (Lipinski definition) is 3. The van der Waals surface area contributed by atoms with Crippen LogP contribution in [0.4, 0.5) is 21.5 Å².